The highest BCUT2D eigenvalue weighted by molar-refractivity contribution is 7.92. The van der Waals surface area contributed by atoms with Crippen molar-refractivity contribution < 1.29 is 16.8 Å². The van der Waals surface area contributed by atoms with E-state index in [1.807, 2.05) is 6.92 Å². The third-order valence-corrected chi connectivity index (χ3v) is 6.89. The van der Waals surface area contributed by atoms with Gasteiger partial charge in [0.25, 0.3) is 10.0 Å². The molecule has 1 fully saturated rings. The second-order valence-electron chi connectivity index (χ2n) is 6.02. The van der Waals surface area contributed by atoms with Crippen molar-refractivity contribution in [2.24, 2.45) is 0 Å². The first-order valence-corrected chi connectivity index (χ1v) is 11.0. The van der Waals surface area contributed by atoms with Crippen LogP contribution in [0.25, 0.3) is 0 Å². The van der Waals surface area contributed by atoms with Gasteiger partial charge in [-0.3, -0.25) is 4.72 Å². The van der Waals surface area contributed by atoms with Crippen LogP contribution < -0.4 is 9.44 Å². The zero-order valence-electron chi connectivity index (χ0n) is 13.8. The molecule has 2 N–H and O–H groups in total. The fraction of sp³-hybridized carbons (Fsp3) is 0.294. The van der Waals surface area contributed by atoms with E-state index in [1.165, 1.54) is 24.3 Å². The van der Waals surface area contributed by atoms with Crippen LogP contribution in [0.15, 0.2) is 58.3 Å². The molecule has 8 heteroatoms. The van der Waals surface area contributed by atoms with Gasteiger partial charge in [-0.25, -0.2) is 21.6 Å². The summed E-state index contributed by atoms with van der Waals surface area (Å²) < 4.78 is 54.1. The summed E-state index contributed by atoms with van der Waals surface area (Å²) in [5, 5.41) is 0. The number of anilines is 1. The number of sulfonamides is 2. The molecule has 0 aromatic heterocycles. The minimum absolute atomic E-state index is 0.0225. The fourth-order valence-corrected chi connectivity index (χ4v) is 4.67. The minimum Gasteiger partial charge on any atom is -0.280 e. The second kappa shape index (κ2) is 6.78. The number of rotatable bonds is 7. The van der Waals surface area contributed by atoms with Gasteiger partial charge in [0.15, 0.2) is 0 Å². The lowest BCUT2D eigenvalue weighted by Crippen LogP contribution is -2.25. The van der Waals surface area contributed by atoms with Gasteiger partial charge in [0.05, 0.1) is 9.79 Å². The summed E-state index contributed by atoms with van der Waals surface area (Å²) in [5.74, 6) is 0. The van der Waals surface area contributed by atoms with Crippen LogP contribution in [0.5, 0.6) is 0 Å². The molecule has 0 spiro atoms. The molecule has 1 saturated carbocycles. The summed E-state index contributed by atoms with van der Waals surface area (Å²) in [6.45, 7) is 2.00. The number of hydrogen-bond donors (Lipinski definition) is 2. The van der Waals surface area contributed by atoms with Crippen molar-refractivity contribution in [2.75, 3.05) is 4.72 Å². The molecule has 0 heterocycles. The Morgan fingerprint density at radius 2 is 1.36 bits per heavy atom. The van der Waals surface area contributed by atoms with E-state index in [1.54, 1.807) is 24.3 Å². The van der Waals surface area contributed by atoms with Gasteiger partial charge >= 0.3 is 0 Å². The van der Waals surface area contributed by atoms with E-state index in [-0.39, 0.29) is 15.8 Å². The summed E-state index contributed by atoms with van der Waals surface area (Å²) in [7, 11) is -7.26. The third kappa shape index (κ3) is 4.39. The molecule has 25 heavy (non-hydrogen) atoms. The van der Waals surface area contributed by atoms with Gasteiger partial charge in [0, 0.05) is 11.7 Å². The van der Waals surface area contributed by atoms with Crippen LogP contribution in [0.4, 0.5) is 5.69 Å². The van der Waals surface area contributed by atoms with Gasteiger partial charge in [-0.2, -0.15) is 0 Å². The van der Waals surface area contributed by atoms with Gasteiger partial charge < -0.3 is 0 Å². The zero-order valence-corrected chi connectivity index (χ0v) is 15.4. The molecule has 0 atom stereocenters. The highest BCUT2D eigenvalue weighted by Gasteiger charge is 2.27. The Morgan fingerprint density at radius 1 is 0.840 bits per heavy atom. The Hall–Kier alpha value is -1.90. The van der Waals surface area contributed by atoms with E-state index >= 15 is 0 Å². The van der Waals surface area contributed by atoms with Crippen LogP contribution in [-0.2, 0) is 26.5 Å². The predicted octanol–water partition coefficient (Wildman–Crippen LogP) is 2.49. The van der Waals surface area contributed by atoms with Crippen LogP contribution in [-0.4, -0.2) is 22.9 Å². The van der Waals surface area contributed by atoms with E-state index < -0.39 is 20.0 Å². The lowest BCUT2D eigenvalue weighted by atomic mass is 10.2. The van der Waals surface area contributed by atoms with E-state index in [2.05, 4.69) is 9.44 Å². The van der Waals surface area contributed by atoms with E-state index in [0.29, 0.717) is 5.69 Å². The molecule has 2 aromatic rings. The quantitative estimate of drug-likeness (QED) is 0.772. The van der Waals surface area contributed by atoms with Crippen LogP contribution in [0.2, 0.25) is 0 Å². The van der Waals surface area contributed by atoms with E-state index in [9.17, 15) is 16.8 Å². The molecule has 0 radical (unpaired) electrons. The van der Waals surface area contributed by atoms with Gasteiger partial charge in [0.2, 0.25) is 10.0 Å². The average molecular weight is 380 g/mol. The molecule has 2 aromatic carbocycles. The maximum absolute atomic E-state index is 12.4. The Labute approximate surface area is 148 Å². The van der Waals surface area contributed by atoms with Gasteiger partial charge in [-0.05, 0) is 61.2 Å². The van der Waals surface area contributed by atoms with Crippen LogP contribution in [0.1, 0.15) is 25.3 Å². The first-order valence-electron chi connectivity index (χ1n) is 8.04. The maximum atomic E-state index is 12.4. The summed E-state index contributed by atoms with van der Waals surface area (Å²) in [6.07, 6.45) is 2.54. The fourth-order valence-electron chi connectivity index (χ4n) is 2.31. The molecule has 0 bridgehead atoms. The van der Waals surface area contributed by atoms with Crippen molar-refractivity contribution in [2.45, 2.75) is 42.0 Å². The maximum Gasteiger partial charge on any atom is 0.261 e. The smallest absolute Gasteiger partial charge is 0.261 e. The highest BCUT2D eigenvalue weighted by atomic mass is 32.2. The number of benzene rings is 2. The zero-order chi connectivity index (χ0) is 18.1. The SMILES string of the molecule is CCc1ccc(S(=O)(=O)Nc2ccc(S(=O)(=O)NC3CC3)cc2)cc1. The molecule has 134 valence electrons. The van der Waals surface area contributed by atoms with Crippen molar-refractivity contribution in [3.8, 4) is 0 Å². The van der Waals surface area contributed by atoms with E-state index in [4.69, 9.17) is 0 Å². The summed E-state index contributed by atoms with van der Waals surface area (Å²) >= 11 is 0. The summed E-state index contributed by atoms with van der Waals surface area (Å²) in [6, 6.07) is 12.3. The van der Waals surface area contributed by atoms with Crippen LogP contribution in [0.3, 0.4) is 0 Å². The highest BCUT2D eigenvalue weighted by Crippen LogP contribution is 2.23. The molecule has 1 aliphatic carbocycles. The second-order valence-corrected chi connectivity index (χ2v) is 9.42. The summed E-state index contributed by atoms with van der Waals surface area (Å²) in [5.41, 5.74) is 1.36. The predicted molar refractivity (Wildman–Crippen MR) is 96.4 cm³/mol. The molecule has 0 unspecified atom stereocenters. The van der Waals surface area contributed by atoms with E-state index in [0.717, 1.165) is 24.8 Å². The first kappa shape index (κ1) is 17.9. The van der Waals surface area contributed by atoms with Gasteiger partial charge in [-0.15, -0.1) is 0 Å². The Bertz CT molecular complexity index is 947. The summed E-state index contributed by atoms with van der Waals surface area (Å²) in [4.78, 5) is 0.284. The van der Waals surface area contributed by atoms with Crippen molar-refractivity contribution in [3.63, 3.8) is 0 Å². The van der Waals surface area contributed by atoms with Gasteiger partial charge in [-0.1, -0.05) is 19.1 Å². The van der Waals surface area contributed by atoms with Crippen molar-refractivity contribution in [1.29, 1.82) is 0 Å². The van der Waals surface area contributed by atoms with Crippen molar-refractivity contribution >= 4 is 25.7 Å². The monoisotopic (exact) mass is 380 g/mol. The normalized spacial score (nSPS) is 15.1. The lowest BCUT2D eigenvalue weighted by Gasteiger charge is -2.10. The van der Waals surface area contributed by atoms with Crippen molar-refractivity contribution in [3.05, 3.63) is 54.1 Å². The molecule has 3 rings (SSSR count). The Balaban J connectivity index is 1.75. The lowest BCUT2D eigenvalue weighted by molar-refractivity contribution is 0.581. The molecular weight excluding hydrogens is 360 g/mol. The number of nitrogens with one attached hydrogen (secondary N) is 2. The molecule has 0 saturated heterocycles. The standard InChI is InChI=1S/C17H20N2O4S2/c1-2-13-3-9-16(10-4-13)24(20,21)19-15-7-11-17(12-8-15)25(22,23)18-14-5-6-14/h3-4,7-12,14,18-19H,2,5-6H2,1H3. The van der Waals surface area contributed by atoms with Gasteiger partial charge in [0.1, 0.15) is 0 Å². The number of hydrogen-bond acceptors (Lipinski definition) is 4. The average Bonchev–Trinajstić information content (AvgIpc) is 3.38. The third-order valence-electron chi connectivity index (χ3n) is 3.96. The minimum atomic E-state index is -3.71. The first-order chi connectivity index (χ1) is 11.8. The molecule has 1 aliphatic rings. The molecule has 0 aliphatic heterocycles. The molecule has 0 amide bonds. The number of aryl methyl sites for hydroxylation is 1. The van der Waals surface area contributed by atoms with Crippen LogP contribution in [0, 0.1) is 0 Å². The topological polar surface area (TPSA) is 92.3 Å². The molecular formula is C17H20N2O4S2. The molecule has 6 nitrogen and oxygen atoms in total. The Morgan fingerprint density at radius 3 is 1.88 bits per heavy atom. The Kier molecular flexibility index (Phi) is 4.86. The van der Waals surface area contributed by atoms with Crippen molar-refractivity contribution in [1.82, 2.24) is 4.72 Å². The van der Waals surface area contributed by atoms with Crippen LogP contribution >= 0.6 is 0 Å². The largest absolute Gasteiger partial charge is 0.280 e.